The van der Waals surface area contributed by atoms with E-state index < -0.39 is 57.6 Å². The van der Waals surface area contributed by atoms with E-state index in [1.54, 1.807) is 0 Å². The first-order chi connectivity index (χ1) is 18.7. The van der Waals surface area contributed by atoms with E-state index in [9.17, 15) is 26.3 Å². The van der Waals surface area contributed by atoms with Gasteiger partial charge in [0.2, 0.25) is 5.79 Å². The molecule has 2 heterocycles. The molecule has 2 aromatic rings. The van der Waals surface area contributed by atoms with Crippen LogP contribution in [-0.4, -0.2) is 64.1 Å². The van der Waals surface area contributed by atoms with E-state index in [0.29, 0.717) is 11.5 Å². The van der Waals surface area contributed by atoms with Crippen LogP contribution in [0.5, 0.6) is 0 Å². The van der Waals surface area contributed by atoms with Crippen LogP contribution < -0.4 is 10.4 Å². The van der Waals surface area contributed by atoms with Crippen molar-refractivity contribution in [3.05, 3.63) is 70.5 Å². The second-order valence-electron chi connectivity index (χ2n) is 10.4. The van der Waals surface area contributed by atoms with Crippen molar-refractivity contribution in [2.24, 2.45) is 0 Å². The van der Waals surface area contributed by atoms with E-state index in [0.717, 1.165) is 10.4 Å². The van der Waals surface area contributed by atoms with Crippen molar-refractivity contribution >= 4 is 42.2 Å². The van der Waals surface area contributed by atoms with Crippen LogP contribution in [0.1, 0.15) is 20.8 Å². The lowest BCUT2D eigenvalue weighted by molar-refractivity contribution is -0.310. The van der Waals surface area contributed by atoms with Crippen LogP contribution in [0.15, 0.2) is 70.5 Å². The Morgan fingerprint density at radius 2 is 1.35 bits per heavy atom. The van der Waals surface area contributed by atoms with Crippen LogP contribution in [0.4, 0.5) is 26.3 Å². The first kappa shape index (κ1) is 31.5. The van der Waals surface area contributed by atoms with Crippen molar-refractivity contribution in [2.75, 3.05) is 31.3 Å². The average Bonchev–Trinajstić information content (AvgIpc) is 3.20. The smallest absolute Gasteiger partial charge is 0.401 e. The summed E-state index contributed by atoms with van der Waals surface area (Å²) in [6, 6.07) is 18.9. The highest BCUT2D eigenvalue weighted by Crippen LogP contribution is 2.52. The number of halogens is 6. The van der Waals surface area contributed by atoms with Gasteiger partial charge in [-0.15, -0.1) is 23.5 Å². The highest BCUT2D eigenvalue weighted by atomic mass is 32.2. The number of rotatable bonds is 9. The normalized spacial score (nSPS) is 22.5. The van der Waals surface area contributed by atoms with Gasteiger partial charge in [0.15, 0.2) is 6.29 Å². The van der Waals surface area contributed by atoms with Crippen LogP contribution >= 0.6 is 23.5 Å². The summed E-state index contributed by atoms with van der Waals surface area (Å²) in [6.07, 6.45) is -10.9. The van der Waals surface area contributed by atoms with Gasteiger partial charge in [0, 0.05) is 11.5 Å². The monoisotopic (exact) mass is 624 g/mol. The molecule has 0 radical (unpaired) electrons. The molecule has 0 saturated carbocycles. The molecule has 4 nitrogen and oxygen atoms in total. The molecule has 0 fully saturated rings. The van der Waals surface area contributed by atoms with Crippen molar-refractivity contribution in [3.63, 3.8) is 0 Å². The molecular weight excluding hydrogens is 595 g/mol. The van der Waals surface area contributed by atoms with Crippen LogP contribution in [0.25, 0.3) is 0 Å². The molecule has 2 aliphatic heterocycles. The predicted molar refractivity (Wildman–Crippen MR) is 147 cm³/mol. The predicted octanol–water partition coefficient (Wildman–Crippen LogP) is 6.47. The second kappa shape index (κ2) is 12.0. The summed E-state index contributed by atoms with van der Waals surface area (Å²) in [7, 11) is -3.27. The van der Waals surface area contributed by atoms with Crippen molar-refractivity contribution in [1.29, 1.82) is 0 Å². The van der Waals surface area contributed by atoms with Gasteiger partial charge in [-0.1, -0.05) is 81.4 Å². The largest absolute Gasteiger partial charge is 0.411 e. The molecule has 0 amide bonds. The Labute approximate surface area is 238 Å². The van der Waals surface area contributed by atoms with Gasteiger partial charge < -0.3 is 18.6 Å². The van der Waals surface area contributed by atoms with Gasteiger partial charge in [-0.25, -0.2) is 0 Å². The van der Waals surface area contributed by atoms with E-state index in [2.05, 4.69) is 0 Å². The molecule has 220 valence electrons. The SMILES string of the molecule is CC(C)(C)[Si](OC[C@@]1(OCC(F)(F)F)O[C@H](OCC(F)(F)F)C2=C1SCCS2)(c1ccccc1)c1ccccc1. The maximum Gasteiger partial charge on any atom is 0.411 e. The van der Waals surface area contributed by atoms with Gasteiger partial charge in [-0.2, -0.15) is 26.3 Å². The summed E-state index contributed by atoms with van der Waals surface area (Å²) in [4.78, 5) is 0.548. The third kappa shape index (κ3) is 6.93. The zero-order valence-electron chi connectivity index (χ0n) is 22.1. The second-order valence-corrected chi connectivity index (χ2v) is 16.9. The number of hydrogen-bond acceptors (Lipinski definition) is 6. The molecule has 40 heavy (non-hydrogen) atoms. The van der Waals surface area contributed by atoms with Crippen molar-refractivity contribution < 1.29 is 45.0 Å². The first-order valence-corrected chi connectivity index (χ1v) is 16.4. The lowest BCUT2D eigenvalue weighted by Gasteiger charge is -2.45. The molecule has 0 spiro atoms. The standard InChI is InChI=1S/C27H30F6O4S2Si/c1-24(2,3)40(19-10-6-4-7-11-19,20-12-8-5-9-13-20)36-16-25(35-18-27(31,32)33)22-21(38-14-15-39-22)23(37-25)34-17-26(28,29)30/h4-13,23H,14-18H2,1-3H3/t23-,25+/m0/s1. The zero-order valence-corrected chi connectivity index (χ0v) is 24.7. The van der Waals surface area contributed by atoms with E-state index in [-0.39, 0.29) is 9.81 Å². The molecule has 2 aromatic carbocycles. The van der Waals surface area contributed by atoms with Gasteiger partial charge in [-0.05, 0) is 15.4 Å². The minimum absolute atomic E-state index is 0.262. The molecule has 0 unspecified atom stereocenters. The van der Waals surface area contributed by atoms with Gasteiger partial charge in [0.05, 0.1) is 16.4 Å². The topological polar surface area (TPSA) is 36.9 Å². The Morgan fingerprint density at radius 3 is 1.85 bits per heavy atom. The molecule has 0 bridgehead atoms. The molecule has 0 aromatic heterocycles. The lowest BCUT2D eigenvalue weighted by atomic mass is 10.2. The minimum atomic E-state index is -4.72. The van der Waals surface area contributed by atoms with Crippen LogP contribution in [0, 0.1) is 0 Å². The molecule has 13 heteroatoms. The number of thioether (sulfide) groups is 2. The number of ether oxygens (including phenoxy) is 3. The average molecular weight is 625 g/mol. The van der Waals surface area contributed by atoms with Crippen molar-refractivity contribution in [2.45, 2.75) is 50.2 Å². The van der Waals surface area contributed by atoms with Gasteiger partial charge in [0.25, 0.3) is 8.32 Å². The maximum atomic E-state index is 13.5. The highest BCUT2D eigenvalue weighted by molar-refractivity contribution is 8.10. The van der Waals surface area contributed by atoms with Gasteiger partial charge >= 0.3 is 12.4 Å². The van der Waals surface area contributed by atoms with Crippen molar-refractivity contribution in [1.82, 2.24) is 0 Å². The molecule has 0 saturated heterocycles. The Morgan fingerprint density at radius 1 is 0.825 bits per heavy atom. The maximum absolute atomic E-state index is 13.5. The van der Waals surface area contributed by atoms with Gasteiger partial charge in [0.1, 0.15) is 13.2 Å². The number of alkyl halides is 6. The summed E-state index contributed by atoms with van der Waals surface area (Å²) in [6.45, 7) is 2.24. The van der Waals surface area contributed by atoms with Crippen LogP contribution in [-0.2, 0) is 18.6 Å². The van der Waals surface area contributed by atoms with Crippen molar-refractivity contribution in [3.8, 4) is 0 Å². The van der Waals surface area contributed by atoms with E-state index in [4.69, 9.17) is 18.6 Å². The fourth-order valence-corrected chi connectivity index (χ4v) is 12.0. The molecule has 0 aliphatic carbocycles. The number of benzene rings is 2. The fraction of sp³-hybridized carbons (Fsp3) is 0.481. The Hall–Kier alpha value is -1.48. The first-order valence-electron chi connectivity index (χ1n) is 12.5. The summed E-state index contributed by atoms with van der Waals surface area (Å²) in [5.41, 5.74) is 0. The molecule has 2 atom stereocenters. The quantitative estimate of drug-likeness (QED) is 0.235. The third-order valence-electron chi connectivity index (χ3n) is 6.43. The highest BCUT2D eigenvalue weighted by Gasteiger charge is 2.57. The Kier molecular flexibility index (Phi) is 9.45. The third-order valence-corrected chi connectivity index (χ3v) is 14.1. The van der Waals surface area contributed by atoms with Crippen LogP contribution in [0.3, 0.4) is 0 Å². The fourth-order valence-electron chi connectivity index (χ4n) is 4.87. The Balaban J connectivity index is 1.80. The Bertz CT molecular complexity index is 1130. The summed E-state index contributed by atoms with van der Waals surface area (Å²) < 4.78 is 103. The lowest BCUT2D eigenvalue weighted by Crippen LogP contribution is -2.68. The number of hydrogen-bond donors (Lipinski definition) is 0. The van der Waals surface area contributed by atoms with E-state index >= 15 is 0 Å². The van der Waals surface area contributed by atoms with E-state index in [1.807, 2.05) is 81.4 Å². The summed E-state index contributed by atoms with van der Waals surface area (Å²) >= 11 is 2.39. The molecule has 0 N–H and O–H groups in total. The summed E-state index contributed by atoms with van der Waals surface area (Å²) in [5.74, 6) is -1.06. The zero-order chi connectivity index (χ0) is 29.2. The summed E-state index contributed by atoms with van der Waals surface area (Å²) in [5, 5.41) is 1.24. The molecule has 2 aliphatic rings. The molecular formula is C27H30F6O4S2Si. The molecule has 4 rings (SSSR count). The van der Waals surface area contributed by atoms with Crippen LogP contribution in [0.2, 0.25) is 5.04 Å². The minimum Gasteiger partial charge on any atom is -0.401 e. The van der Waals surface area contributed by atoms with Gasteiger partial charge in [-0.3, -0.25) is 0 Å². The van der Waals surface area contributed by atoms with E-state index in [1.165, 1.54) is 23.5 Å².